The molecule has 0 saturated heterocycles. The van der Waals surface area contributed by atoms with Gasteiger partial charge in [-0.3, -0.25) is 5.32 Å². The Labute approximate surface area is 114 Å². The molecule has 1 aromatic carbocycles. The van der Waals surface area contributed by atoms with Crippen LogP contribution in [-0.2, 0) is 4.74 Å². The van der Waals surface area contributed by atoms with Crippen molar-refractivity contribution in [3.8, 4) is 5.75 Å². The van der Waals surface area contributed by atoms with E-state index in [-0.39, 0.29) is 6.04 Å². The molecule has 0 spiro atoms. The van der Waals surface area contributed by atoms with Gasteiger partial charge in [0.15, 0.2) is 0 Å². The third kappa shape index (κ3) is 4.79. The lowest BCUT2D eigenvalue weighted by Gasteiger charge is -2.21. The van der Waals surface area contributed by atoms with Gasteiger partial charge in [0.05, 0.1) is 12.8 Å². The second-order valence-electron chi connectivity index (χ2n) is 5.37. The lowest BCUT2D eigenvalue weighted by atomic mass is 10.1. The van der Waals surface area contributed by atoms with Crippen LogP contribution >= 0.6 is 0 Å². The van der Waals surface area contributed by atoms with Crippen molar-refractivity contribution in [2.45, 2.75) is 39.3 Å². The maximum Gasteiger partial charge on any atom is 0.412 e. The minimum Gasteiger partial charge on any atom is -0.497 e. The van der Waals surface area contributed by atoms with Crippen LogP contribution in [0.2, 0.25) is 0 Å². The Kier molecular flexibility index (Phi) is 4.78. The zero-order valence-corrected chi connectivity index (χ0v) is 12.1. The van der Waals surface area contributed by atoms with E-state index >= 15 is 0 Å². The van der Waals surface area contributed by atoms with Gasteiger partial charge in [-0.25, -0.2) is 4.79 Å². The van der Waals surface area contributed by atoms with E-state index in [9.17, 15) is 4.79 Å². The molecule has 0 aliphatic carbocycles. The highest BCUT2D eigenvalue weighted by atomic mass is 16.6. The summed E-state index contributed by atoms with van der Waals surface area (Å²) in [6.07, 6.45) is -0.511. The van der Waals surface area contributed by atoms with E-state index in [1.807, 2.05) is 33.8 Å². The average molecular weight is 266 g/mol. The summed E-state index contributed by atoms with van der Waals surface area (Å²) in [5.41, 5.74) is 6.76. The van der Waals surface area contributed by atoms with E-state index in [0.717, 1.165) is 5.56 Å². The summed E-state index contributed by atoms with van der Waals surface area (Å²) in [4.78, 5) is 11.8. The fourth-order valence-electron chi connectivity index (χ4n) is 1.58. The molecule has 1 aromatic rings. The average Bonchev–Trinajstić information content (AvgIpc) is 2.25. The Bertz CT molecular complexity index is 450. The molecule has 0 bridgehead atoms. The van der Waals surface area contributed by atoms with E-state index < -0.39 is 11.7 Å². The monoisotopic (exact) mass is 266 g/mol. The summed E-state index contributed by atoms with van der Waals surface area (Å²) in [6, 6.07) is 5.16. The number of hydrogen-bond donors (Lipinski definition) is 2. The van der Waals surface area contributed by atoms with E-state index in [0.29, 0.717) is 11.4 Å². The van der Waals surface area contributed by atoms with Gasteiger partial charge in [-0.05, 0) is 39.3 Å². The van der Waals surface area contributed by atoms with E-state index in [2.05, 4.69) is 5.32 Å². The minimum atomic E-state index is -0.544. The van der Waals surface area contributed by atoms with Crippen molar-refractivity contribution in [2.24, 2.45) is 5.73 Å². The lowest BCUT2D eigenvalue weighted by molar-refractivity contribution is 0.0636. The topological polar surface area (TPSA) is 73.6 Å². The Morgan fingerprint density at radius 1 is 1.37 bits per heavy atom. The number of hydrogen-bond acceptors (Lipinski definition) is 4. The molecule has 0 unspecified atom stereocenters. The first-order chi connectivity index (χ1) is 8.73. The third-order valence-electron chi connectivity index (χ3n) is 2.39. The Balaban J connectivity index is 2.94. The van der Waals surface area contributed by atoms with E-state index in [1.165, 1.54) is 0 Å². The molecule has 0 saturated carbocycles. The number of methoxy groups -OCH3 is 1. The van der Waals surface area contributed by atoms with Crippen molar-refractivity contribution in [3.63, 3.8) is 0 Å². The van der Waals surface area contributed by atoms with Crippen LogP contribution in [0, 0.1) is 0 Å². The zero-order valence-electron chi connectivity index (χ0n) is 12.1. The summed E-state index contributed by atoms with van der Waals surface area (Å²) in [5.74, 6) is 0.649. The first-order valence-corrected chi connectivity index (χ1v) is 6.16. The second kappa shape index (κ2) is 5.93. The van der Waals surface area contributed by atoms with Crippen molar-refractivity contribution < 1.29 is 14.3 Å². The first-order valence-electron chi connectivity index (χ1n) is 6.16. The first kappa shape index (κ1) is 15.3. The van der Waals surface area contributed by atoms with Crippen LogP contribution < -0.4 is 15.8 Å². The van der Waals surface area contributed by atoms with Gasteiger partial charge in [-0.15, -0.1) is 0 Å². The van der Waals surface area contributed by atoms with Crippen molar-refractivity contribution in [2.75, 3.05) is 12.4 Å². The van der Waals surface area contributed by atoms with Crippen molar-refractivity contribution >= 4 is 11.8 Å². The SMILES string of the molecule is COc1ccc([C@H](C)N)c(NC(=O)OC(C)(C)C)c1. The summed E-state index contributed by atoms with van der Waals surface area (Å²) in [7, 11) is 1.57. The molecule has 5 heteroatoms. The van der Waals surface area contributed by atoms with Gasteiger partial charge in [-0.2, -0.15) is 0 Å². The van der Waals surface area contributed by atoms with E-state index in [1.54, 1.807) is 19.2 Å². The lowest BCUT2D eigenvalue weighted by Crippen LogP contribution is -2.27. The number of carbonyl (C=O) groups excluding carboxylic acids is 1. The second-order valence-corrected chi connectivity index (χ2v) is 5.37. The molecule has 106 valence electrons. The number of benzene rings is 1. The third-order valence-corrected chi connectivity index (χ3v) is 2.39. The molecule has 5 nitrogen and oxygen atoms in total. The summed E-state index contributed by atoms with van der Waals surface area (Å²) in [6.45, 7) is 7.28. The fourth-order valence-corrected chi connectivity index (χ4v) is 1.58. The van der Waals surface area contributed by atoms with Gasteiger partial charge >= 0.3 is 6.09 Å². The highest BCUT2D eigenvalue weighted by Crippen LogP contribution is 2.27. The van der Waals surface area contributed by atoms with Crippen molar-refractivity contribution in [1.82, 2.24) is 0 Å². The molecule has 1 rings (SSSR count). The van der Waals surface area contributed by atoms with Gasteiger partial charge in [0.25, 0.3) is 0 Å². The van der Waals surface area contributed by atoms with Crippen LogP contribution in [0.1, 0.15) is 39.3 Å². The maximum atomic E-state index is 11.8. The van der Waals surface area contributed by atoms with E-state index in [4.69, 9.17) is 15.2 Å². The smallest absolute Gasteiger partial charge is 0.412 e. The summed E-state index contributed by atoms with van der Waals surface area (Å²) >= 11 is 0. The summed E-state index contributed by atoms with van der Waals surface area (Å²) < 4.78 is 10.4. The molecule has 3 N–H and O–H groups in total. The molecular formula is C14H22N2O3. The Hall–Kier alpha value is -1.75. The molecule has 1 amide bonds. The molecule has 0 heterocycles. The van der Waals surface area contributed by atoms with Crippen LogP contribution in [0.15, 0.2) is 18.2 Å². The van der Waals surface area contributed by atoms with Crippen LogP contribution in [0.4, 0.5) is 10.5 Å². The number of nitrogens with one attached hydrogen (secondary N) is 1. The largest absolute Gasteiger partial charge is 0.497 e. The van der Waals surface area contributed by atoms with Crippen LogP contribution in [-0.4, -0.2) is 18.8 Å². The molecule has 0 aromatic heterocycles. The summed E-state index contributed by atoms with van der Waals surface area (Å²) in [5, 5.41) is 2.70. The van der Waals surface area contributed by atoms with Crippen LogP contribution in [0.3, 0.4) is 0 Å². The normalized spacial score (nSPS) is 12.7. The molecule has 1 atom stereocenters. The molecule has 0 radical (unpaired) electrons. The molecule has 0 aliphatic rings. The number of ether oxygens (including phenoxy) is 2. The zero-order chi connectivity index (χ0) is 14.6. The fraction of sp³-hybridized carbons (Fsp3) is 0.500. The minimum absolute atomic E-state index is 0.198. The van der Waals surface area contributed by atoms with Gasteiger partial charge in [0.1, 0.15) is 11.4 Å². The number of nitrogens with two attached hydrogens (primary N) is 1. The standard InChI is InChI=1S/C14H22N2O3/c1-9(15)11-7-6-10(18-5)8-12(11)16-13(17)19-14(2,3)4/h6-9H,15H2,1-5H3,(H,16,17)/t9-/m0/s1. The molecule has 19 heavy (non-hydrogen) atoms. The number of carbonyl (C=O) groups is 1. The van der Waals surface area contributed by atoms with Crippen LogP contribution in [0.25, 0.3) is 0 Å². The predicted molar refractivity (Wildman–Crippen MR) is 75.5 cm³/mol. The van der Waals surface area contributed by atoms with Gasteiger partial charge in [-0.1, -0.05) is 6.07 Å². The van der Waals surface area contributed by atoms with Gasteiger partial charge in [0, 0.05) is 12.1 Å². The van der Waals surface area contributed by atoms with Crippen molar-refractivity contribution in [3.05, 3.63) is 23.8 Å². The number of rotatable bonds is 3. The quantitative estimate of drug-likeness (QED) is 0.881. The van der Waals surface area contributed by atoms with Crippen LogP contribution in [0.5, 0.6) is 5.75 Å². The highest BCUT2D eigenvalue weighted by molar-refractivity contribution is 5.86. The molecule has 0 aliphatic heterocycles. The Morgan fingerprint density at radius 2 is 2.00 bits per heavy atom. The maximum absolute atomic E-state index is 11.8. The van der Waals surface area contributed by atoms with Gasteiger partial charge in [0.2, 0.25) is 0 Å². The molecule has 0 fully saturated rings. The van der Waals surface area contributed by atoms with Crippen molar-refractivity contribution in [1.29, 1.82) is 0 Å². The number of amides is 1. The predicted octanol–water partition coefficient (Wildman–Crippen LogP) is 3.06. The Morgan fingerprint density at radius 3 is 2.47 bits per heavy atom. The molecular weight excluding hydrogens is 244 g/mol. The van der Waals surface area contributed by atoms with Gasteiger partial charge < -0.3 is 15.2 Å². The highest BCUT2D eigenvalue weighted by Gasteiger charge is 2.18. The number of anilines is 1.